The topological polar surface area (TPSA) is 75.5 Å². The zero-order valence-electron chi connectivity index (χ0n) is 13.8. The van der Waals surface area contributed by atoms with Gasteiger partial charge in [0.1, 0.15) is 17.6 Å². The lowest BCUT2D eigenvalue weighted by molar-refractivity contribution is 0.0774. The van der Waals surface area contributed by atoms with Crippen LogP contribution in [0.3, 0.4) is 0 Å². The predicted molar refractivity (Wildman–Crippen MR) is 93.0 cm³/mol. The van der Waals surface area contributed by atoms with Gasteiger partial charge in [0, 0.05) is 36.1 Å². The van der Waals surface area contributed by atoms with Gasteiger partial charge >= 0.3 is 5.63 Å². The highest BCUT2D eigenvalue weighted by Crippen LogP contribution is 2.23. The van der Waals surface area contributed by atoms with Gasteiger partial charge in [-0.3, -0.25) is 4.79 Å². The molecule has 128 valence electrons. The molecule has 0 spiro atoms. The van der Waals surface area contributed by atoms with E-state index in [0.717, 1.165) is 17.3 Å². The summed E-state index contributed by atoms with van der Waals surface area (Å²) in [5.41, 5.74) is 1.19. The molecular weight excluding hydrogens is 320 g/mol. The predicted octanol–water partition coefficient (Wildman–Crippen LogP) is 2.72. The summed E-state index contributed by atoms with van der Waals surface area (Å²) in [6.45, 7) is 2.83. The number of aryl methyl sites for hydroxylation is 1. The van der Waals surface area contributed by atoms with Crippen LogP contribution in [0.4, 0.5) is 0 Å². The fourth-order valence-corrected chi connectivity index (χ4v) is 3.26. The lowest BCUT2D eigenvalue weighted by atomic mass is 10.1. The molecule has 1 aromatic carbocycles. The second kappa shape index (κ2) is 6.12. The molecule has 1 amide bonds. The van der Waals surface area contributed by atoms with Crippen LogP contribution in [0.15, 0.2) is 51.8 Å². The Morgan fingerprint density at radius 3 is 3.00 bits per heavy atom. The molecule has 3 aromatic rings. The first kappa shape index (κ1) is 15.5. The van der Waals surface area contributed by atoms with E-state index in [1.807, 2.05) is 24.3 Å². The number of hydrogen-bond donors (Lipinski definition) is 1. The van der Waals surface area contributed by atoms with Crippen molar-refractivity contribution in [1.82, 2.24) is 9.88 Å². The second-order valence-corrected chi connectivity index (χ2v) is 6.25. The summed E-state index contributed by atoms with van der Waals surface area (Å²) < 4.78 is 10.8. The van der Waals surface area contributed by atoms with Gasteiger partial charge < -0.3 is 19.0 Å². The van der Waals surface area contributed by atoms with Crippen molar-refractivity contribution < 1.29 is 13.9 Å². The molecule has 4 rings (SSSR count). The third-order valence-corrected chi connectivity index (χ3v) is 4.42. The number of fused-ring (bicyclic) bond motifs is 1. The van der Waals surface area contributed by atoms with Gasteiger partial charge in [-0.25, -0.2) is 4.79 Å². The van der Waals surface area contributed by atoms with Gasteiger partial charge in [-0.1, -0.05) is 18.2 Å². The standard InChI is InChI=1S/C19H18N2O4/c1-12-8-14(9-18(22)24-12)25-13-6-7-21(11-13)19(23)16-10-20-17-5-3-2-4-15(16)17/h2-5,8-10,13,20H,6-7,11H2,1H3. The average molecular weight is 338 g/mol. The van der Waals surface area contributed by atoms with Crippen LogP contribution >= 0.6 is 0 Å². The average Bonchev–Trinajstić information content (AvgIpc) is 3.20. The molecule has 0 radical (unpaired) electrons. The molecule has 3 heterocycles. The number of rotatable bonds is 3. The number of nitrogens with one attached hydrogen (secondary N) is 1. The number of para-hydroxylation sites is 1. The largest absolute Gasteiger partial charge is 0.488 e. The van der Waals surface area contributed by atoms with Gasteiger partial charge in [0.25, 0.3) is 5.91 Å². The number of carbonyl (C=O) groups is 1. The first-order valence-electron chi connectivity index (χ1n) is 8.24. The van der Waals surface area contributed by atoms with E-state index in [9.17, 15) is 9.59 Å². The molecular formula is C19H18N2O4. The van der Waals surface area contributed by atoms with Gasteiger partial charge in [0.15, 0.2) is 0 Å². The van der Waals surface area contributed by atoms with Crippen molar-refractivity contribution in [1.29, 1.82) is 0 Å². The summed E-state index contributed by atoms with van der Waals surface area (Å²) >= 11 is 0. The Balaban J connectivity index is 1.48. The first-order chi connectivity index (χ1) is 12.1. The second-order valence-electron chi connectivity index (χ2n) is 6.25. The first-order valence-corrected chi connectivity index (χ1v) is 8.24. The van der Waals surface area contributed by atoms with Crippen LogP contribution in [0.25, 0.3) is 10.9 Å². The summed E-state index contributed by atoms with van der Waals surface area (Å²) in [5.74, 6) is 0.986. The van der Waals surface area contributed by atoms with Gasteiger partial charge in [0.2, 0.25) is 0 Å². The minimum Gasteiger partial charge on any atom is -0.488 e. The Morgan fingerprint density at radius 2 is 2.16 bits per heavy atom. The number of amides is 1. The minimum absolute atomic E-state index is 0.00712. The Hall–Kier alpha value is -3.02. The van der Waals surface area contributed by atoms with Crippen molar-refractivity contribution in [3.8, 4) is 5.75 Å². The summed E-state index contributed by atoms with van der Waals surface area (Å²) in [7, 11) is 0. The SMILES string of the molecule is Cc1cc(OC2CCN(C(=O)c3c[nH]c4ccccc34)C2)cc(=O)o1. The minimum atomic E-state index is -0.431. The molecule has 1 atom stereocenters. The van der Waals surface area contributed by atoms with E-state index in [0.29, 0.717) is 30.2 Å². The summed E-state index contributed by atoms with van der Waals surface area (Å²) in [6.07, 6.45) is 2.36. The normalized spacial score (nSPS) is 17.2. The van der Waals surface area contributed by atoms with E-state index in [4.69, 9.17) is 9.15 Å². The lowest BCUT2D eigenvalue weighted by Gasteiger charge is -2.17. The summed E-state index contributed by atoms with van der Waals surface area (Å²) in [6, 6.07) is 10.8. The van der Waals surface area contributed by atoms with E-state index in [1.165, 1.54) is 6.07 Å². The highest BCUT2D eigenvalue weighted by molar-refractivity contribution is 6.06. The quantitative estimate of drug-likeness (QED) is 0.797. The van der Waals surface area contributed by atoms with Crippen LogP contribution in [0, 0.1) is 6.92 Å². The van der Waals surface area contributed by atoms with Crippen LogP contribution in [0.5, 0.6) is 5.75 Å². The molecule has 6 nitrogen and oxygen atoms in total. The number of carbonyl (C=O) groups excluding carboxylic acids is 1. The zero-order valence-corrected chi connectivity index (χ0v) is 13.8. The molecule has 6 heteroatoms. The van der Waals surface area contributed by atoms with Gasteiger partial charge in [0.05, 0.1) is 18.2 Å². The van der Waals surface area contributed by atoms with Crippen molar-refractivity contribution in [2.75, 3.05) is 13.1 Å². The highest BCUT2D eigenvalue weighted by atomic mass is 16.5. The summed E-state index contributed by atoms with van der Waals surface area (Å²) in [4.78, 5) is 29.2. The molecule has 0 saturated carbocycles. The maximum atomic E-state index is 12.8. The van der Waals surface area contributed by atoms with Crippen LogP contribution in [0.1, 0.15) is 22.5 Å². The van der Waals surface area contributed by atoms with Crippen molar-refractivity contribution in [2.45, 2.75) is 19.4 Å². The molecule has 1 aliphatic heterocycles. The molecule has 1 aliphatic rings. The number of H-pyrrole nitrogens is 1. The number of aromatic nitrogens is 1. The van der Waals surface area contributed by atoms with Crippen molar-refractivity contribution >= 4 is 16.8 Å². The number of aromatic amines is 1. The maximum Gasteiger partial charge on any atom is 0.339 e. The zero-order chi connectivity index (χ0) is 17.4. The van der Waals surface area contributed by atoms with Crippen LogP contribution in [-0.2, 0) is 0 Å². The monoisotopic (exact) mass is 338 g/mol. The number of hydrogen-bond acceptors (Lipinski definition) is 4. The van der Waals surface area contributed by atoms with E-state index in [-0.39, 0.29) is 12.0 Å². The Bertz CT molecular complexity index is 988. The molecule has 1 fully saturated rings. The third kappa shape index (κ3) is 3.03. The van der Waals surface area contributed by atoms with Crippen molar-refractivity contribution in [3.63, 3.8) is 0 Å². The van der Waals surface area contributed by atoms with E-state index in [1.54, 1.807) is 24.1 Å². The number of ether oxygens (including phenoxy) is 1. The Labute approximate surface area is 144 Å². The molecule has 25 heavy (non-hydrogen) atoms. The smallest absolute Gasteiger partial charge is 0.339 e. The Morgan fingerprint density at radius 1 is 1.32 bits per heavy atom. The Kier molecular flexibility index (Phi) is 3.80. The van der Waals surface area contributed by atoms with Crippen LogP contribution < -0.4 is 10.4 Å². The molecule has 1 saturated heterocycles. The summed E-state index contributed by atoms with van der Waals surface area (Å²) in [5, 5.41) is 0.924. The van der Waals surface area contributed by atoms with Gasteiger partial charge in [-0.15, -0.1) is 0 Å². The van der Waals surface area contributed by atoms with Crippen molar-refractivity contribution in [2.24, 2.45) is 0 Å². The van der Waals surface area contributed by atoms with E-state index in [2.05, 4.69) is 4.98 Å². The number of nitrogens with zero attached hydrogens (tertiary/aromatic N) is 1. The number of likely N-dealkylation sites (tertiary alicyclic amines) is 1. The third-order valence-electron chi connectivity index (χ3n) is 4.42. The van der Waals surface area contributed by atoms with E-state index >= 15 is 0 Å². The van der Waals surface area contributed by atoms with Crippen LogP contribution in [-0.4, -0.2) is 35.0 Å². The molecule has 0 aliphatic carbocycles. The van der Waals surface area contributed by atoms with Crippen LogP contribution in [0.2, 0.25) is 0 Å². The highest BCUT2D eigenvalue weighted by Gasteiger charge is 2.29. The molecule has 2 aromatic heterocycles. The maximum absolute atomic E-state index is 12.8. The van der Waals surface area contributed by atoms with E-state index < -0.39 is 5.63 Å². The van der Waals surface area contributed by atoms with Gasteiger partial charge in [-0.05, 0) is 13.0 Å². The molecule has 0 bridgehead atoms. The van der Waals surface area contributed by atoms with Gasteiger partial charge in [-0.2, -0.15) is 0 Å². The molecule has 1 N–H and O–H groups in total. The van der Waals surface area contributed by atoms with Crippen molar-refractivity contribution in [3.05, 3.63) is 64.3 Å². The molecule has 1 unspecified atom stereocenters. The lowest BCUT2D eigenvalue weighted by Crippen LogP contribution is -2.30. The fourth-order valence-electron chi connectivity index (χ4n) is 3.26. The number of benzene rings is 1. The fraction of sp³-hybridized carbons (Fsp3) is 0.263.